The van der Waals surface area contributed by atoms with Gasteiger partial charge in [0.25, 0.3) is 5.91 Å². The van der Waals surface area contributed by atoms with Gasteiger partial charge in [0, 0.05) is 18.4 Å². The Morgan fingerprint density at radius 2 is 2.29 bits per heavy atom. The SMILES string of the molecule is Cc1cc(NN)c(C(=O)NCC2(C)CC2)cn1. The number of hydrazine groups is 1. The van der Waals surface area contributed by atoms with Gasteiger partial charge in [-0.1, -0.05) is 6.92 Å². The van der Waals surface area contributed by atoms with E-state index in [1.807, 2.05) is 6.92 Å². The maximum atomic E-state index is 12.0. The molecular formula is C12H18N4O. The molecule has 0 atom stereocenters. The van der Waals surface area contributed by atoms with Crippen LogP contribution in [-0.4, -0.2) is 17.4 Å². The van der Waals surface area contributed by atoms with Gasteiger partial charge >= 0.3 is 0 Å². The van der Waals surface area contributed by atoms with Crippen LogP contribution in [0.1, 0.15) is 35.8 Å². The summed E-state index contributed by atoms with van der Waals surface area (Å²) in [6.07, 6.45) is 3.91. The highest BCUT2D eigenvalue weighted by Gasteiger charge is 2.37. The van der Waals surface area contributed by atoms with Gasteiger partial charge in [0.2, 0.25) is 0 Å². The molecule has 17 heavy (non-hydrogen) atoms. The molecule has 0 bridgehead atoms. The maximum Gasteiger partial charge on any atom is 0.255 e. The molecule has 1 aromatic heterocycles. The van der Waals surface area contributed by atoms with Crippen LogP contribution in [0.2, 0.25) is 0 Å². The van der Waals surface area contributed by atoms with Crippen LogP contribution in [0.3, 0.4) is 0 Å². The number of nitrogens with one attached hydrogen (secondary N) is 2. The summed E-state index contributed by atoms with van der Waals surface area (Å²) >= 11 is 0. The molecule has 1 aromatic rings. The van der Waals surface area contributed by atoms with E-state index in [2.05, 4.69) is 22.7 Å². The fraction of sp³-hybridized carbons (Fsp3) is 0.500. The molecule has 1 amide bonds. The van der Waals surface area contributed by atoms with E-state index in [0.717, 1.165) is 5.69 Å². The van der Waals surface area contributed by atoms with Gasteiger partial charge in [-0.3, -0.25) is 15.6 Å². The van der Waals surface area contributed by atoms with Crippen LogP contribution in [0, 0.1) is 12.3 Å². The highest BCUT2D eigenvalue weighted by molar-refractivity contribution is 5.99. The third kappa shape index (κ3) is 2.74. The largest absolute Gasteiger partial charge is 0.351 e. The Morgan fingerprint density at radius 1 is 1.59 bits per heavy atom. The number of pyridine rings is 1. The number of carbonyl (C=O) groups excluding carboxylic acids is 1. The number of hydrogen-bond acceptors (Lipinski definition) is 4. The van der Waals surface area contributed by atoms with Gasteiger partial charge in [0.05, 0.1) is 11.3 Å². The Morgan fingerprint density at radius 3 is 2.88 bits per heavy atom. The van der Waals surface area contributed by atoms with E-state index in [1.165, 1.54) is 12.8 Å². The predicted octanol–water partition coefficient (Wildman–Crippen LogP) is 1.21. The molecule has 0 aromatic carbocycles. The number of aromatic nitrogens is 1. The zero-order valence-corrected chi connectivity index (χ0v) is 10.2. The molecule has 1 aliphatic rings. The summed E-state index contributed by atoms with van der Waals surface area (Å²) in [5.74, 6) is 5.27. The van der Waals surface area contributed by atoms with E-state index < -0.39 is 0 Å². The normalized spacial score (nSPS) is 16.4. The van der Waals surface area contributed by atoms with E-state index >= 15 is 0 Å². The number of nitrogens with two attached hydrogens (primary N) is 1. The van der Waals surface area contributed by atoms with Crippen LogP contribution in [0.5, 0.6) is 0 Å². The van der Waals surface area contributed by atoms with Crippen molar-refractivity contribution in [1.82, 2.24) is 10.3 Å². The number of carbonyl (C=O) groups is 1. The first kappa shape index (κ1) is 11.9. The van der Waals surface area contributed by atoms with Crippen molar-refractivity contribution in [1.29, 1.82) is 0 Å². The minimum Gasteiger partial charge on any atom is -0.351 e. The molecular weight excluding hydrogens is 216 g/mol. The first-order valence-corrected chi connectivity index (χ1v) is 5.75. The summed E-state index contributed by atoms with van der Waals surface area (Å²) in [6.45, 7) is 4.74. The van der Waals surface area contributed by atoms with Crippen molar-refractivity contribution in [2.75, 3.05) is 12.0 Å². The van der Waals surface area contributed by atoms with Gasteiger partial charge in [-0.25, -0.2) is 0 Å². The van der Waals surface area contributed by atoms with Crippen LogP contribution < -0.4 is 16.6 Å². The zero-order chi connectivity index (χ0) is 12.5. The lowest BCUT2D eigenvalue weighted by Gasteiger charge is -2.12. The van der Waals surface area contributed by atoms with E-state index in [4.69, 9.17) is 5.84 Å². The third-order valence-electron chi connectivity index (χ3n) is 3.22. The second-order valence-electron chi connectivity index (χ2n) is 5.01. The van der Waals surface area contributed by atoms with Gasteiger partial charge < -0.3 is 10.7 Å². The van der Waals surface area contributed by atoms with Crippen LogP contribution in [0.15, 0.2) is 12.3 Å². The molecule has 92 valence electrons. The lowest BCUT2D eigenvalue weighted by molar-refractivity contribution is 0.0946. The molecule has 0 saturated heterocycles. The van der Waals surface area contributed by atoms with Crippen molar-refractivity contribution >= 4 is 11.6 Å². The molecule has 2 rings (SSSR count). The summed E-state index contributed by atoms with van der Waals surface area (Å²) in [7, 11) is 0. The number of anilines is 1. The lowest BCUT2D eigenvalue weighted by Crippen LogP contribution is -2.30. The molecule has 5 nitrogen and oxygen atoms in total. The zero-order valence-electron chi connectivity index (χ0n) is 10.2. The van der Waals surface area contributed by atoms with Crippen LogP contribution in [-0.2, 0) is 0 Å². The van der Waals surface area contributed by atoms with Crippen molar-refractivity contribution < 1.29 is 4.79 Å². The number of amides is 1. The second kappa shape index (κ2) is 4.33. The van der Waals surface area contributed by atoms with Gasteiger partial charge in [0.1, 0.15) is 0 Å². The van der Waals surface area contributed by atoms with Gasteiger partial charge in [-0.05, 0) is 31.2 Å². The quantitative estimate of drug-likeness (QED) is 0.540. The Hall–Kier alpha value is -1.62. The summed E-state index contributed by atoms with van der Waals surface area (Å²) in [5.41, 5.74) is 4.74. The van der Waals surface area contributed by atoms with Crippen molar-refractivity contribution in [2.24, 2.45) is 11.3 Å². The molecule has 5 heteroatoms. The Labute approximate surface area is 101 Å². The Kier molecular flexibility index (Phi) is 3.02. The highest BCUT2D eigenvalue weighted by Crippen LogP contribution is 2.44. The first-order chi connectivity index (χ1) is 8.04. The van der Waals surface area contributed by atoms with Crippen LogP contribution in [0.25, 0.3) is 0 Å². The molecule has 0 radical (unpaired) electrons. The molecule has 1 fully saturated rings. The Balaban J connectivity index is 2.07. The average Bonchev–Trinajstić information content (AvgIpc) is 3.04. The summed E-state index contributed by atoms with van der Waals surface area (Å²) in [5, 5.41) is 2.92. The van der Waals surface area contributed by atoms with Crippen molar-refractivity contribution in [3.63, 3.8) is 0 Å². The molecule has 4 N–H and O–H groups in total. The fourth-order valence-corrected chi connectivity index (χ4v) is 1.64. The minimum absolute atomic E-state index is 0.126. The Bertz CT molecular complexity index is 440. The number of rotatable bonds is 4. The monoisotopic (exact) mass is 234 g/mol. The van der Waals surface area contributed by atoms with Crippen LogP contribution in [0.4, 0.5) is 5.69 Å². The summed E-state index contributed by atoms with van der Waals surface area (Å²) < 4.78 is 0. The lowest BCUT2D eigenvalue weighted by atomic mass is 10.1. The van der Waals surface area contributed by atoms with Crippen molar-refractivity contribution in [2.45, 2.75) is 26.7 Å². The third-order valence-corrected chi connectivity index (χ3v) is 3.22. The molecule has 0 unspecified atom stereocenters. The van der Waals surface area contributed by atoms with E-state index in [0.29, 0.717) is 23.2 Å². The van der Waals surface area contributed by atoms with Gasteiger partial charge in [0.15, 0.2) is 0 Å². The molecule has 1 saturated carbocycles. The average molecular weight is 234 g/mol. The molecule has 1 heterocycles. The van der Waals surface area contributed by atoms with Crippen LogP contribution >= 0.6 is 0 Å². The topological polar surface area (TPSA) is 80.0 Å². The molecule has 0 aliphatic heterocycles. The minimum atomic E-state index is -0.126. The molecule has 1 aliphatic carbocycles. The highest BCUT2D eigenvalue weighted by atomic mass is 16.1. The van der Waals surface area contributed by atoms with E-state index in [9.17, 15) is 4.79 Å². The number of nitrogen functional groups attached to an aromatic ring is 1. The number of hydrogen-bond donors (Lipinski definition) is 3. The van der Waals surface area contributed by atoms with E-state index in [-0.39, 0.29) is 5.91 Å². The second-order valence-corrected chi connectivity index (χ2v) is 5.01. The van der Waals surface area contributed by atoms with E-state index in [1.54, 1.807) is 12.3 Å². The molecule has 0 spiro atoms. The smallest absolute Gasteiger partial charge is 0.255 e. The first-order valence-electron chi connectivity index (χ1n) is 5.75. The maximum absolute atomic E-state index is 12.0. The standard InChI is InChI=1S/C12H18N4O/c1-8-5-10(16-13)9(6-14-8)11(17)15-7-12(2)3-4-12/h5-6H,3-4,7,13H2,1-2H3,(H,14,16)(H,15,17). The number of nitrogens with zero attached hydrogens (tertiary/aromatic N) is 1. The fourth-order valence-electron chi connectivity index (χ4n) is 1.64. The predicted molar refractivity (Wildman–Crippen MR) is 66.5 cm³/mol. The van der Waals surface area contributed by atoms with Crippen molar-refractivity contribution in [3.8, 4) is 0 Å². The number of aryl methyl sites for hydroxylation is 1. The van der Waals surface area contributed by atoms with Crippen molar-refractivity contribution in [3.05, 3.63) is 23.5 Å². The van der Waals surface area contributed by atoms with Gasteiger partial charge in [-0.15, -0.1) is 0 Å². The van der Waals surface area contributed by atoms with Gasteiger partial charge in [-0.2, -0.15) is 0 Å². The summed E-state index contributed by atoms with van der Waals surface area (Å²) in [4.78, 5) is 16.1. The summed E-state index contributed by atoms with van der Waals surface area (Å²) in [6, 6.07) is 1.76.